The van der Waals surface area contributed by atoms with Crippen LogP contribution < -0.4 is 10.0 Å². The van der Waals surface area contributed by atoms with Crippen LogP contribution in [-0.2, 0) is 20.4 Å². The minimum atomic E-state index is -4.15. The van der Waals surface area contributed by atoms with Gasteiger partial charge in [-0.15, -0.1) is 0 Å². The summed E-state index contributed by atoms with van der Waals surface area (Å²) < 4.78 is 40.8. The maximum atomic E-state index is 13.8. The van der Waals surface area contributed by atoms with Crippen LogP contribution in [0.25, 0.3) is 0 Å². The van der Waals surface area contributed by atoms with Gasteiger partial charge in [0, 0.05) is 5.02 Å². The summed E-state index contributed by atoms with van der Waals surface area (Å²) >= 11 is 5.93. The van der Waals surface area contributed by atoms with Crippen LogP contribution in [0.4, 0.5) is 4.39 Å². The normalized spacial score (nSPS) is 17.0. The van der Waals surface area contributed by atoms with E-state index in [0.717, 1.165) is 37.0 Å². The quantitative estimate of drug-likeness (QED) is 0.766. The highest BCUT2D eigenvalue weighted by atomic mass is 35.5. The van der Waals surface area contributed by atoms with Crippen LogP contribution in [0.3, 0.4) is 0 Å². The van der Waals surface area contributed by atoms with E-state index in [1.807, 2.05) is 12.1 Å². The number of sulfonamides is 1. The third kappa shape index (κ3) is 4.15. The topological polar surface area (TPSA) is 75.3 Å². The van der Waals surface area contributed by atoms with Crippen molar-refractivity contribution >= 4 is 27.5 Å². The van der Waals surface area contributed by atoms with Crippen LogP contribution >= 0.6 is 11.6 Å². The van der Waals surface area contributed by atoms with E-state index >= 15 is 0 Å². The van der Waals surface area contributed by atoms with E-state index in [0.29, 0.717) is 5.02 Å². The average Bonchev–Trinajstić information content (AvgIpc) is 2.58. The molecule has 3 rings (SSSR count). The number of hydrogen-bond acceptors (Lipinski definition) is 3. The minimum Gasteiger partial charge on any atom is -0.345 e. The molecule has 8 heteroatoms. The van der Waals surface area contributed by atoms with Gasteiger partial charge in [0.1, 0.15) is 10.7 Å². The van der Waals surface area contributed by atoms with Gasteiger partial charge in [0.15, 0.2) is 0 Å². The molecule has 2 aromatic rings. The highest BCUT2D eigenvalue weighted by Gasteiger charge is 2.41. The lowest BCUT2D eigenvalue weighted by atomic mass is 9.71. The molecule has 0 bridgehead atoms. The molecule has 1 aliphatic rings. The molecule has 27 heavy (non-hydrogen) atoms. The lowest BCUT2D eigenvalue weighted by Gasteiger charge is -2.43. The van der Waals surface area contributed by atoms with E-state index in [1.165, 1.54) is 19.1 Å². The summed E-state index contributed by atoms with van der Waals surface area (Å²) in [5, 5.41) is 3.55. The molecule has 0 aromatic heterocycles. The molecule has 144 valence electrons. The summed E-state index contributed by atoms with van der Waals surface area (Å²) in [6.45, 7) is 1.43. The molecule has 2 aromatic carbocycles. The summed E-state index contributed by atoms with van der Waals surface area (Å²) in [6.07, 6.45) is 2.47. The van der Waals surface area contributed by atoms with Crippen LogP contribution in [0.15, 0.2) is 53.4 Å². The number of carbonyl (C=O) groups excluding carboxylic acids is 1. The Morgan fingerprint density at radius 1 is 1.15 bits per heavy atom. The monoisotopic (exact) mass is 410 g/mol. The molecule has 1 amide bonds. The molecular weight excluding hydrogens is 391 g/mol. The number of benzene rings is 2. The smallest absolute Gasteiger partial charge is 0.244 e. The number of halogens is 2. The van der Waals surface area contributed by atoms with Crippen LogP contribution in [-0.4, -0.2) is 20.4 Å². The fraction of sp³-hybridized carbons (Fsp3) is 0.316. The van der Waals surface area contributed by atoms with Crippen LogP contribution in [0.2, 0.25) is 5.02 Å². The molecule has 5 nitrogen and oxygen atoms in total. The van der Waals surface area contributed by atoms with E-state index in [4.69, 9.17) is 11.6 Å². The second kappa shape index (κ2) is 7.58. The van der Waals surface area contributed by atoms with Crippen molar-refractivity contribution in [3.05, 3.63) is 64.9 Å². The van der Waals surface area contributed by atoms with Gasteiger partial charge < -0.3 is 5.32 Å². The highest BCUT2D eigenvalue weighted by molar-refractivity contribution is 7.89. The van der Waals surface area contributed by atoms with Gasteiger partial charge >= 0.3 is 0 Å². The second-order valence-corrected chi connectivity index (χ2v) is 8.82. The maximum Gasteiger partial charge on any atom is 0.244 e. The molecule has 1 aliphatic carbocycles. The fourth-order valence-electron chi connectivity index (χ4n) is 3.14. The standard InChI is InChI=1S/C19H20ClFN2O3S/c1-13(23-27(25,26)17-6-3-2-5-16(17)21)18(24)22-19(11-4-12-19)14-7-9-15(20)10-8-14/h2-3,5-10,13,23H,4,11-12H2,1H3,(H,22,24)/t13-/m0/s1. The third-order valence-electron chi connectivity index (χ3n) is 4.82. The van der Waals surface area contributed by atoms with Gasteiger partial charge in [0.2, 0.25) is 15.9 Å². The zero-order valence-electron chi connectivity index (χ0n) is 14.7. The number of nitrogens with one attached hydrogen (secondary N) is 2. The Bertz CT molecular complexity index is 944. The Labute approximate surface area is 163 Å². The van der Waals surface area contributed by atoms with Gasteiger partial charge in [0.25, 0.3) is 0 Å². The zero-order chi connectivity index (χ0) is 19.7. The van der Waals surface area contributed by atoms with Crippen molar-refractivity contribution in [3.63, 3.8) is 0 Å². The second-order valence-electron chi connectivity index (χ2n) is 6.71. The van der Waals surface area contributed by atoms with Crippen LogP contribution in [0, 0.1) is 5.82 Å². The first-order chi connectivity index (χ1) is 12.7. The molecule has 1 atom stereocenters. The molecule has 0 heterocycles. The Balaban J connectivity index is 1.74. The van der Waals surface area contributed by atoms with Crippen LogP contribution in [0.1, 0.15) is 31.7 Å². The number of rotatable bonds is 6. The minimum absolute atomic E-state index is 0.468. The predicted molar refractivity (Wildman–Crippen MR) is 101 cm³/mol. The van der Waals surface area contributed by atoms with Gasteiger partial charge in [-0.2, -0.15) is 4.72 Å². The summed E-state index contributed by atoms with van der Waals surface area (Å²) in [4.78, 5) is 12.1. The predicted octanol–water partition coefficient (Wildman–Crippen LogP) is 3.34. The van der Waals surface area contributed by atoms with Gasteiger partial charge in [0.05, 0.1) is 11.6 Å². The first-order valence-electron chi connectivity index (χ1n) is 8.58. The lowest BCUT2D eigenvalue weighted by molar-refractivity contribution is -0.125. The average molecular weight is 411 g/mol. The molecule has 1 saturated carbocycles. The molecule has 2 N–H and O–H groups in total. The van der Waals surface area contributed by atoms with E-state index < -0.39 is 38.2 Å². The Kier molecular flexibility index (Phi) is 5.55. The molecule has 0 radical (unpaired) electrons. The number of amides is 1. The van der Waals surface area contributed by atoms with Crippen molar-refractivity contribution in [2.75, 3.05) is 0 Å². The van der Waals surface area contributed by atoms with Gasteiger partial charge in [-0.05, 0) is 56.0 Å². The van der Waals surface area contributed by atoms with E-state index in [-0.39, 0.29) is 0 Å². The summed E-state index contributed by atoms with van der Waals surface area (Å²) in [5.41, 5.74) is 0.398. The Morgan fingerprint density at radius 3 is 2.33 bits per heavy atom. The summed E-state index contributed by atoms with van der Waals surface area (Å²) in [5.74, 6) is -1.33. The SMILES string of the molecule is C[C@H](NS(=O)(=O)c1ccccc1F)C(=O)NC1(c2ccc(Cl)cc2)CCC1. The molecule has 0 aliphatic heterocycles. The number of carbonyl (C=O) groups is 1. The number of hydrogen-bond donors (Lipinski definition) is 2. The molecular formula is C19H20ClFN2O3S. The van der Waals surface area contributed by atoms with Crippen LogP contribution in [0.5, 0.6) is 0 Å². The van der Waals surface area contributed by atoms with Gasteiger partial charge in [-0.25, -0.2) is 12.8 Å². The van der Waals surface area contributed by atoms with Gasteiger partial charge in [-0.1, -0.05) is 35.9 Å². The first kappa shape index (κ1) is 19.8. The van der Waals surface area contributed by atoms with E-state index in [2.05, 4.69) is 10.0 Å². The largest absolute Gasteiger partial charge is 0.345 e. The lowest BCUT2D eigenvalue weighted by Crippen LogP contribution is -2.56. The highest BCUT2D eigenvalue weighted by Crippen LogP contribution is 2.41. The maximum absolute atomic E-state index is 13.8. The zero-order valence-corrected chi connectivity index (χ0v) is 16.3. The Hall–Kier alpha value is -1.96. The molecule has 1 fully saturated rings. The van der Waals surface area contributed by atoms with Crippen molar-refractivity contribution in [2.45, 2.75) is 42.7 Å². The molecule has 0 saturated heterocycles. The van der Waals surface area contributed by atoms with Crippen molar-refractivity contribution in [1.82, 2.24) is 10.0 Å². The fourth-order valence-corrected chi connectivity index (χ4v) is 4.55. The van der Waals surface area contributed by atoms with Crippen molar-refractivity contribution in [2.24, 2.45) is 0 Å². The van der Waals surface area contributed by atoms with Crippen molar-refractivity contribution < 1.29 is 17.6 Å². The van der Waals surface area contributed by atoms with Crippen molar-refractivity contribution in [1.29, 1.82) is 0 Å². The van der Waals surface area contributed by atoms with E-state index in [1.54, 1.807) is 12.1 Å². The van der Waals surface area contributed by atoms with Gasteiger partial charge in [-0.3, -0.25) is 4.79 Å². The third-order valence-corrected chi connectivity index (χ3v) is 6.64. The summed E-state index contributed by atoms with van der Waals surface area (Å²) in [7, 11) is -4.15. The van der Waals surface area contributed by atoms with E-state index in [9.17, 15) is 17.6 Å². The molecule has 0 spiro atoms. The first-order valence-corrected chi connectivity index (χ1v) is 10.4. The Morgan fingerprint density at radius 2 is 1.78 bits per heavy atom. The molecule has 0 unspecified atom stereocenters. The summed E-state index contributed by atoms with van der Waals surface area (Å²) in [6, 6.07) is 11.2. The van der Waals surface area contributed by atoms with Crippen molar-refractivity contribution in [3.8, 4) is 0 Å².